The molecule has 1 N–H and O–H groups in total. The first-order valence-corrected chi connectivity index (χ1v) is 10.8. The number of carbonyl (C=O) groups is 1. The third-order valence-corrected chi connectivity index (χ3v) is 5.36. The zero-order valence-electron chi connectivity index (χ0n) is 17.4. The first-order valence-electron chi connectivity index (χ1n) is 10.0. The molecule has 3 aromatic carbocycles. The molecule has 0 saturated heterocycles. The van der Waals surface area contributed by atoms with Gasteiger partial charge in [0.05, 0.1) is 11.6 Å². The van der Waals surface area contributed by atoms with Crippen molar-refractivity contribution in [1.29, 1.82) is 0 Å². The number of benzene rings is 3. The Bertz CT molecular complexity index is 1240. The molecule has 0 atom stereocenters. The highest BCUT2D eigenvalue weighted by atomic mass is 35.5. The number of nitrogens with one attached hydrogen (secondary N) is 1. The van der Waals surface area contributed by atoms with Crippen LogP contribution in [0.4, 0.5) is 5.82 Å². The lowest BCUT2D eigenvalue weighted by atomic mass is 10.1. The maximum atomic E-state index is 12.7. The summed E-state index contributed by atoms with van der Waals surface area (Å²) >= 11 is 12.1. The Balaban J connectivity index is 1.37. The van der Waals surface area contributed by atoms with Crippen molar-refractivity contribution in [2.75, 3.05) is 5.32 Å². The van der Waals surface area contributed by atoms with Crippen LogP contribution in [0.25, 0.3) is 0 Å². The van der Waals surface area contributed by atoms with Gasteiger partial charge >= 0.3 is 0 Å². The molecule has 32 heavy (non-hydrogen) atoms. The van der Waals surface area contributed by atoms with Crippen LogP contribution in [0.2, 0.25) is 10.0 Å². The zero-order chi connectivity index (χ0) is 22.5. The molecule has 0 radical (unpaired) electrons. The summed E-state index contributed by atoms with van der Waals surface area (Å²) < 4.78 is 7.55. The van der Waals surface area contributed by atoms with Crippen molar-refractivity contribution < 1.29 is 9.53 Å². The number of anilines is 1. The average molecular weight is 466 g/mol. The molecule has 0 fully saturated rings. The smallest absolute Gasteiger partial charge is 0.256 e. The third-order valence-electron chi connectivity index (χ3n) is 4.82. The minimum atomic E-state index is -0.239. The van der Waals surface area contributed by atoms with Gasteiger partial charge in [-0.1, -0.05) is 65.2 Å². The highest BCUT2D eigenvalue weighted by molar-refractivity contribution is 6.35. The van der Waals surface area contributed by atoms with E-state index in [4.69, 9.17) is 27.9 Å². The normalized spacial score (nSPS) is 10.7. The fourth-order valence-corrected chi connectivity index (χ4v) is 3.60. The molecule has 0 aliphatic carbocycles. The number of rotatable bonds is 7. The SMILES string of the molecule is Cc1ccc(Cn2ccc(NC(=O)c3cccc(COc4ccc(Cl)cc4Cl)c3)n2)cc1. The Kier molecular flexibility index (Phi) is 6.78. The maximum Gasteiger partial charge on any atom is 0.256 e. The number of ether oxygens (including phenoxy) is 1. The van der Waals surface area contributed by atoms with Crippen molar-refractivity contribution in [2.45, 2.75) is 20.1 Å². The topological polar surface area (TPSA) is 56.2 Å². The van der Waals surface area contributed by atoms with E-state index in [1.807, 2.05) is 18.3 Å². The van der Waals surface area contributed by atoms with Gasteiger partial charge in [-0.15, -0.1) is 0 Å². The van der Waals surface area contributed by atoms with E-state index in [0.717, 1.165) is 11.1 Å². The summed E-state index contributed by atoms with van der Waals surface area (Å²) in [5.41, 5.74) is 3.71. The Morgan fingerprint density at radius 3 is 2.59 bits per heavy atom. The van der Waals surface area contributed by atoms with Gasteiger partial charge < -0.3 is 10.1 Å². The lowest BCUT2D eigenvalue weighted by molar-refractivity contribution is 0.102. The summed E-state index contributed by atoms with van der Waals surface area (Å²) in [4.78, 5) is 12.7. The van der Waals surface area contributed by atoms with E-state index < -0.39 is 0 Å². The van der Waals surface area contributed by atoms with Crippen molar-refractivity contribution in [2.24, 2.45) is 0 Å². The minimum absolute atomic E-state index is 0.239. The molecule has 1 amide bonds. The average Bonchev–Trinajstić information content (AvgIpc) is 3.21. The first kappa shape index (κ1) is 21.9. The monoisotopic (exact) mass is 465 g/mol. The van der Waals surface area contributed by atoms with Crippen molar-refractivity contribution in [1.82, 2.24) is 9.78 Å². The minimum Gasteiger partial charge on any atom is -0.487 e. The molecule has 0 aliphatic rings. The summed E-state index contributed by atoms with van der Waals surface area (Å²) in [5.74, 6) is 0.790. The Hall–Kier alpha value is -3.28. The third kappa shape index (κ3) is 5.69. The molecule has 1 heterocycles. The van der Waals surface area contributed by atoms with Crippen LogP contribution in [0, 0.1) is 6.92 Å². The first-order chi connectivity index (χ1) is 15.5. The van der Waals surface area contributed by atoms with Crippen LogP contribution in [0.15, 0.2) is 79.0 Å². The van der Waals surface area contributed by atoms with E-state index in [-0.39, 0.29) is 12.5 Å². The molecule has 4 aromatic rings. The molecular weight excluding hydrogens is 445 g/mol. The fourth-order valence-electron chi connectivity index (χ4n) is 3.14. The van der Waals surface area contributed by atoms with E-state index in [9.17, 15) is 4.79 Å². The summed E-state index contributed by atoms with van der Waals surface area (Å²) in [7, 11) is 0. The van der Waals surface area contributed by atoms with Crippen molar-refractivity contribution in [3.8, 4) is 5.75 Å². The second kappa shape index (κ2) is 9.90. The van der Waals surface area contributed by atoms with E-state index >= 15 is 0 Å². The molecule has 7 heteroatoms. The second-order valence-corrected chi connectivity index (χ2v) is 8.25. The molecular formula is C25H21Cl2N3O2. The highest BCUT2D eigenvalue weighted by Gasteiger charge is 2.10. The molecule has 0 aliphatic heterocycles. The van der Waals surface area contributed by atoms with Crippen LogP contribution in [0.1, 0.15) is 27.0 Å². The fraction of sp³-hybridized carbons (Fsp3) is 0.120. The predicted octanol–water partition coefficient (Wildman–Crippen LogP) is 6.38. The Morgan fingerprint density at radius 1 is 1.00 bits per heavy atom. The van der Waals surface area contributed by atoms with E-state index in [0.29, 0.717) is 33.7 Å². The van der Waals surface area contributed by atoms with Gasteiger partial charge in [-0.05, 0) is 48.4 Å². The number of hydrogen-bond donors (Lipinski definition) is 1. The Morgan fingerprint density at radius 2 is 1.81 bits per heavy atom. The van der Waals surface area contributed by atoms with Gasteiger partial charge in [0.1, 0.15) is 12.4 Å². The molecule has 4 rings (SSSR count). The van der Waals surface area contributed by atoms with E-state index in [1.165, 1.54) is 5.56 Å². The standard InChI is InChI=1S/C25H21Cl2N3O2/c1-17-5-7-18(8-6-17)15-30-12-11-24(29-30)28-25(31)20-4-2-3-19(13-20)16-32-23-10-9-21(26)14-22(23)27/h2-14H,15-16H2,1H3,(H,28,29,31). The number of halogens is 2. The zero-order valence-corrected chi connectivity index (χ0v) is 18.9. The van der Waals surface area contributed by atoms with Gasteiger partial charge in [-0.2, -0.15) is 5.10 Å². The van der Waals surface area contributed by atoms with E-state index in [1.54, 1.807) is 41.1 Å². The van der Waals surface area contributed by atoms with Crippen molar-refractivity contribution in [3.63, 3.8) is 0 Å². The van der Waals surface area contributed by atoms with Gasteiger partial charge in [0.2, 0.25) is 0 Å². The number of carbonyl (C=O) groups excluding carboxylic acids is 1. The maximum absolute atomic E-state index is 12.7. The van der Waals surface area contributed by atoms with Crippen LogP contribution in [0.3, 0.4) is 0 Å². The lowest BCUT2D eigenvalue weighted by Crippen LogP contribution is -2.13. The van der Waals surface area contributed by atoms with Gasteiger partial charge in [0.25, 0.3) is 5.91 Å². The van der Waals surface area contributed by atoms with E-state index in [2.05, 4.69) is 41.6 Å². The van der Waals surface area contributed by atoms with Crippen molar-refractivity contribution in [3.05, 3.63) is 111 Å². The Labute approximate surface area is 196 Å². The van der Waals surface area contributed by atoms with Gasteiger partial charge in [0.15, 0.2) is 5.82 Å². The van der Waals surface area contributed by atoms with Gasteiger partial charge in [0, 0.05) is 22.8 Å². The highest BCUT2D eigenvalue weighted by Crippen LogP contribution is 2.28. The van der Waals surface area contributed by atoms with Gasteiger partial charge in [-0.3, -0.25) is 9.48 Å². The summed E-state index contributed by atoms with van der Waals surface area (Å²) in [5, 5.41) is 8.27. The predicted molar refractivity (Wildman–Crippen MR) is 128 cm³/mol. The van der Waals surface area contributed by atoms with Crippen LogP contribution in [-0.4, -0.2) is 15.7 Å². The number of nitrogens with zero attached hydrogens (tertiary/aromatic N) is 2. The summed E-state index contributed by atoms with van der Waals surface area (Å²) in [6.45, 7) is 2.96. The second-order valence-electron chi connectivity index (χ2n) is 7.40. The largest absolute Gasteiger partial charge is 0.487 e. The number of amides is 1. The molecule has 5 nitrogen and oxygen atoms in total. The van der Waals surface area contributed by atoms with Gasteiger partial charge in [-0.25, -0.2) is 0 Å². The number of aromatic nitrogens is 2. The summed E-state index contributed by atoms with van der Waals surface area (Å²) in [6, 6.07) is 22.3. The quantitative estimate of drug-likeness (QED) is 0.344. The molecule has 0 spiro atoms. The van der Waals surface area contributed by atoms with Crippen LogP contribution >= 0.6 is 23.2 Å². The van der Waals surface area contributed by atoms with Crippen molar-refractivity contribution >= 4 is 34.9 Å². The molecule has 0 saturated carbocycles. The van der Waals surface area contributed by atoms with Crippen LogP contribution in [0.5, 0.6) is 5.75 Å². The van der Waals surface area contributed by atoms with Crippen LogP contribution in [-0.2, 0) is 13.2 Å². The summed E-state index contributed by atoms with van der Waals surface area (Å²) in [6.07, 6.45) is 1.84. The molecule has 162 valence electrons. The lowest BCUT2D eigenvalue weighted by Gasteiger charge is -2.09. The molecule has 1 aromatic heterocycles. The number of hydrogen-bond acceptors (Lipinski definition) is 3. The molecule has 0 unspecified atom stereocenters. The molecule has 0 bridgehead atoms. The number of aryl methyl sites for hydroxylation is 1. The van der Waals surface area contributed by atoms with Crippen LogP contribution < -0.4 is 10.1 Å².